The van der Waals surface area contributed by atoms with Gasteiger partial charge in [0.05, 0.1) is 27.1 Å². The van der Waals surface area contributed by atoms with Crippen LogP contribution < -0.4 is 5.56 Å². The van der Waals surface area contributed by atoms with E-state index in [-0.39, 0.29) is 10.9 Å². The normalized spacial score (nSPS) is 15.1. The Morgan fingerprint density at radius 3 is 2.70 bits per heavy atom. The van der Waals surface area contributed by atoms with Gasteiger partial charge in [-0.2, -0.15) is 4.40 Å². The van der Waals surface area contributed by atoms with Gasteiger partial charge in [-0.15, -0.1) is 0 Å². The maximum Gasteiger partial charge on any atom is 0.261 e. The largest absolute Gasteiger partial charge is 0.292 e. The number of pyridine rings is 1. The summed E-state index contributed by atoms with van der Waals surface area (Å²) in [7, 11) is -1.53. The lowest BCUT2D eigenvalue weighted by atomic mass is 10.0. The highest BCUT2D eigenvalue weighted by Gasteiger charge is 2.24. The van der Waals surface area contributed by atoms with E-state index in [0.29, 0.717) is 46.3 Å². The van der Waals surface area contributed by atoms with Crippen molar-refractivity contribution in [3.8, 4) is 11.4 Å². The summed E-state index contributed by atoms with van der Waals surface area (Å²) in [5.74, 6) is -0.117. The van der Waals surface area contributed by atoms with Crippen molar-refractivity contribution in [1.82, 2.24) is 14.5 Å². The summed E-state index contributed by atoms with van der Waals surface area (Å²) in [6, 6.07) is 5.89. The van der Waals surface area contributed by atoms with Crippen LogP contribution in [0.5, 0.6) is 0 Å². The first-order chi connectivity index (χ1) is 14.1. The molecule has 1 aliphatic heterocycles. The van der Waals surface area contributed by atoms with Crippen LogP contribution in [-0.4, -0.2) is 29.2 Å². The van der Waals surface area contributed by atoms with Gasteiger partial charge >= 0.3 is 0 Å². The summed E-state index contributed by atoms with van der Waals surface area (Å²) >= 11 is 6.01. The first kappa shape index (κ1) is 20.8. The van der Waals surface area contributed by atoms with Gasteiger partial charge in [0.1, 0.15) is 27.8 Å². The van der Waals surface area contributed by atoms with Crippen LogP contribution in [0.15, 0.2) is 33.5 Å². The Kier molecular flexibility index (Phi) is 5.10. The summed E-state index contributed by atoms with van der Waals surface area (Å²) < 4.78 is 32.1. The van der Waals surface area contributed by atoms with Gasteiger partial charge in [0.25, 0.3) is 5.56 Å². The molecule has 1 atom stereocenters. The molecule has 0 aliphatic carbocycles. The van der Waals surface area contributed by atoms with E-state index >= 15 is 0 Å². The van der Waals surface area contributed by atoms with Crippen LogP contribution >= 0.6 is 11.6 Å². The molecule has 30 heavy (non-hydrogen) atoms. The van der Waals surface area contributed by atoms with E-state index in [2.05, 4.69) is 9.38 Å². The molecule has 4 rings (SSSR count). The second-order valence-electron chi connectivity index (χ2n) is 8.16. The second-order valence-corrected chi connectivity index (χ2v) is 10.5. The van der Waals surface area contributed by atoms with Crippen molar-refractivity contribution in [3.63, 3.8) is 0 Å². The van der Waals surface area contributed by atoms with Crippen molar-refractivity contribution in [3.05, 3.63) is 56.8 Å². The number of aryl methyl sites for hydroxylation is 1. The molecule has 3 aromatic rings. The molecule has 0 N–H and O–H groups in total. The number of aromatic nitrogens is 3. The van der Waals surface area contributed by atoms with Gasteiger partial charge in [-0.05, 0) is 52.0 Å². The number of benzene rings is 1. The third-order valence-corrected chi connectivity index (χ3v) is 6.61. The third kappa shape index (κ3) is 3.58. The zero-order valence-corrected chi connectivity index (χ0v) is 18.6. The molecular weight excluding hydrogens is 427 g/mol. The first-order valence-corrected chi connectivity index (χ1v) is 10.9. The fraction of sp³-hybridized carbons (Fsp3) is 0.333. The molecule has 0 radical (unpaired) electrons. The lowest BCUT2D eigenvalue weighted by molar-refractivity contribution is 0.625. The summed E-state index contributed by atoms with van der Waals surface area (Å²) in [5.41, 5.74) is 2.17. The van der Waals surface area contributed by atoms with Crippen LogP contribution in [0.4, 0.5) is 4.39 Å². The highest BCUT2D eigenvalue weighted by Crippen LogP contribution is 2.29. The van der Waals surface area contributed by atoms with Crippen molar-refractivity contribution >= 4 is 39.2 Å². The molecule has 0 spiro atoms. The Hall–Kier alpha value is -2.45. The lowest BCUT2D eigenvalue weighted by Crippen LogP contribution is -2.28. The zero-order valence-electron chi connectivity index (χ0n) is 17.0. The predicted octanol–water partition coefficient (Wildman–Crippen LogP) is 4.08. The molecular formula is C21H20ClFN4O2S. The number of hydrogen-bond acceptors (Lipinski definition) is 4. The minimum atomic E-state index is -1.53. The monoisotopic (exact) mass is 446 g/mol. The maximum atomic E-state index is 14.4. The van der Waals surface area contributed by atoms with Gasteiger partial charge in [-0.3, -0.25) is 9.36 Å². The van der Waals surface area contributed by atoms with Crippen LogP contribution in [0.3, 0.4) is 0 Å². The highest BCUT2D eigenvalue weighted by molar-refractivity contribution is 7.85. The number of hydrogen-bond donors (Lipinski definition) is 0. The van der Waals surface area contributed by atoms with E-state index in [1.807, 2.05) is 0 Å². The van der Waals surface area contributed by atoms with Crippen LogP contribution in [-0.2, 0) is 24.0 Å². The topological polar surface area (TPSA) is 77.2 Å². The van der Waals surface area contributed by atoms with Gasteiger partial charge in [-0.1, -0.05) is 11.6 Å². The average molecular weight is 447 g/mol. The Morgan fingerprint density at radius 1 is 1.27 bits per heavy atom. The summed E-state index contributed by atoms with van der Waals surface area (Å²) in [6.07, 6.45) is 0.531. The van der Waals surface area contributed by atoms with E-state index < -0.39 is 21.5 Å². The van der Waals surface area contributed by atoms with Crippen molar-refractivity contribution in [2.45, 2.75) is 45.4 Å². The molecule has 0 bridgehead atoms. The van der Waals surface area contributed by atoms with Gasteiger partial charge in [0.15, 0.2) is 0 Å². The standard InChI is InChI=1S/C21H20ClFN4O2S/c1-11(26-30(29)21(2,3)4)14-9-12(23)10-15-18(14)25-19-13-5-6-17(22)24-16(13)7-8-27(19)20(15)28/h5-6,9-10H,7-8H2,1-4H3/b26-11+/t30-/m1/s1. The van der Waals surface area contributed by atoms with Crippen LogP contribution in [0, 0.1) is 5.82 Å². The second kappa shape index (κ2) is 7.35. The van der Waals surface area contributed by atoms with Gasteiger partial charge in [-0.25, -0.2) is 18.6 Å². The minimum Gasteiger partial charge on any atom is -0.292 e. The van der Waals surface area contributed by atoms with Crippen molar-refractivity contribution in [1.29, 1.82) is 0 Å². The van der Waals surface area contributed by atoms with E-state index in [1.54, 1.807) is 39.8 Å². The first-order valence-electron chi connectivity index (χ1n) is 9.44. The Balaban J connectivity index is 2.01. The van der Waals surface area contributed by atoms with Gasteiger partial charge in [0.2, 0.25) is 0 Å². The molecule has 2 aromatic heterocycles. The van der Waals surface area contributed by atoms with Gasteiger partial charge in [0, 0.05) is 24.1 Å². The van der Waals surface area contributed by atoms with Crippen LogP contribution in [0.25, 0.3) is 22.3 Å². The molecule has 6 nitrogen and oxygen atoms in total. The molecule has 0 saturated carbocycles. The van der Waals surface area contributed by atoms with Crippen LogP contribution in [0.2, 0.25) is 5.15 Å². The van der Waals surface area contributed by atoms with E-state index in [1.165, 1.54) is 16.7 Å². The summed E-state index contributed by atoms with van der Waals surface area (Å²) in [6.45, 7) is 7.44. The minimum absolute atomic E-state index is 0.162. The lowest BCUT2D eigenvalue weighted by Gasteiger charge is -2.21. The quantitative estimate of drug-likeness (QED) is 0.439. The molecule has 0 fully saturated rings. The number of halogens is 2. The number of rotatable bonds is 2. The number of fused-ring (bicyclic) bond motifs is 4. The number of nitrogens with zero attached hydrogens (tertiary/aromatic N) is 4. The fourth-order valence-electron chi connectivity index (χ4n) is 3.38. The molecule has 0 unspecified atom stereocenters. The van der Waals surface area contributed by atoms with Gasteiger partial charge < -0.3 is 0 Å². The maximum absolute atomic E-state index is 14.4. The van der Waals surface area contributed by atoms with Crippen molar-refractivity contribution in [2.24, 2.45) is 4.40 Å². The third-order valence-electron chi connectivity index (χ3n) is 4.91. The molecule has 0 saturated heterocycles. The Labute approximate surface area is 180 Å². The Bertz CT molecular complexity index is 1310. The average Bonchev–Trinajstić information content (AvgIpc) is 2.67. The van der Waals surface area contributed by atoms with Crippen molar-refractivity contribution < 1.29 is 8.60 Å². The van der Waals surface area contributed by atoms with Crippen LogP contribution in [0.1, 0.15) is 39.0 Å². The molecule has 156 valence electrons. The molecule has 3 heterocycles. The van der Waals surface area contributed by atoms with E-state index in [9.17, 15) is 13.4 Å². The SMILES string of the molecule is C/C(=N\[S@](=O)C(C)(C)C)c1cc(F)cc2c(=O)n3c(nc12)-c1ccc(Cl)nc1CC3. The van der Waals surface area contributed by atoms with E-state index in [0.717, 1.165) is 5.69 Å². The molecule has 1 aromatic carbocycles. The smallest absolute Gasteiger partial charge is 0.261 e. The Morgan fingerprint density at radius 2 is 2.00 bits per heavy atom. The predicted molar refractivity (Wildman–Crippen MR) is 118 cm³/mol. The zero-order chi connectivity index (χ0) is 21.8. The summed E-state index contributed by atoms with van der Waals surface area (Å²) in [4.78, 5) is 22.2. The molecule has 1 aliphatic rings. The fourth-order valence-corrected chi connectivity index (χ4v) is 4.16. The van der Waals surface area contributed by atoms with E-state index in [4.69, 9.17) is 16.6 Å². The summed E-state index contributed by atoms with van der Waals surface area (Å²) in [5, 5.41) is 0.538. The molecule has 9 heteroatoms. The van der Waals surface area contributed by atoms with Crippen molar-refractivity contribution in [2.75, 3.05) is 0 Å². The highest BCUT2D eigenvalue weighted by atomic mass is 35.5. The molecule has 0 amide bonds.